The summed E-state index contributed by atoms with van der Waals surface area (Å²) in [6.07, 6.45) is 0. The van der Waals surface area contributed by atoms with Crippen molar-refractivity contribution >= 4 is 52.1 Å². The number of amides is 1. The van der Waals surface area contributed by atoms with E-state index >= 15 is 0 Å². The number of thiocarbonyl (C=S) groups is 1. The second-order valence-corrected chi connectivity index (χ2v) is 7.31. The Morgan fingerprint density at radius 2 is 1.67 bits per heavy atom. The van der Waals surface area contributed by atoms with E-state index in [9.17, 15) is 4.79 Å². The molecule has 0 spiro atoms. The molecule has 7 heteroatoms. The minimum Gasteiger partial charge on any atom is -0.451 e. The van der Waals surface area contributed by atoms with Crippen molar-refractivity contribution < 1.29 is 9.21 Å². The summed E-state index contributed by atoms with van der Waals surface area (Å²) < 4.78 is 5.67. The lowest BCUT2D eigenvalue weighted by Gasteiger charge is -2.09. The van der Waals surface area contributed by atoms with Crippen LogP contribution in [0.25, 0.3) is 11.3 Å². The van der Waals surface area contributed by atoms with Crippen LogP contribution < -0.4 is 10.6 Å². The summed E-state index contributed by atoms with van der Waals surface area (Å²) in [6.45, 7) is 4.07. The second-order valence-electron chi connectivity index (χ2n) is 6.03. The molecule has 2 N–H and O–H groups in total. The van der Waals surface area contributed by atoms with Crippen molar-refractivity contribution in [2.75, 3.05) is 5.32 Å². The molecule has 2 aromatic carbocycles. The fraction of sp³-hybridized carbons (Fsp3) is 0.100. The minimum atomic E-state index is -0.448. The lowest BCUT2D eigenvalue weighted by molar-refractivity contribution is 0.0951. The van der Waals surface area contributed by atoms with Gasteiger partial charge in [0.15, 0.2) is 10.9 Å². The Labute approximate surface area is 172 Å². The zero-order valence-electron chi connectivity index (χ0n) is 14.6. The SMILES string of the molecule is Cc1ccc(-c2ccc(C(=O)NC(=S)Nc3cc(Cl)cc(Cl)c3)o2)cc1C. The summed E-state index contributed by atoms with van der Waals surface area (Å²) in [6, 6.07) is 14.3. The number of rotatable bonds is 3. The molecule has 0 fully saturated rings. The first-order chi connectivity index (χ1) is 12.8. The summed E-state index contributed by atoms with van der Waals surface area (Å²) in [5.74, 6) is 0.330. The van der Waals surface area contributed by atoms with Crippen LogP contribution in [0.15, 0.2) is 52.9 Å². The van der Waals surface area contributed by atoms with Crippen LogP contribution in [0, 0.1) is 13.8 Å². The van der Waals surface area contributed by atoms with E-state index in [0.29, 0.717) is 21.5 Å². The number of hydrogen-bond acceptors (Lipinski definition) is 3. The van der Waals surface area contributed by atoms with Crippen LogP contribution >= 0.6 is 35.4 Å². The van der Waals surface area contributed by atoms with Crippen LogP contribution in [0.5, 0.6) is 0 Å². The third-order valence-corrected chi connectivity index (χ3v) is 4.61. The number of nitrogens with one attached hydrogen (secondary N) is 2. The molecule has 0 aliphatic rings. The van der Waals surface area contributed by atoms with Crippen LogP contribution in [0.2, 0.25) is 10.0 Å². The van der Waals surface area contributed by atoms with Crippen LogP contribution in [-0.2, 0) is 0 Å². The predicted octanol–water partition coefficient (Wildman–Crippen LogP) is 6.00. The van der Waals surface area contributed by atoms with E-state index in [1.54, 1.807) is 30.3 Å². The van der Waals surface area contributed by atoms with Gasteiger partial charge in [-0.15, -0.1) is 0 Å². The number of hydrogen-bond donors (Lipinski definition) is 2. The van der Waals surface area contributed by atoms with Crippen LogP contribution in [0.3, 0.4) is 0 Å². The molecule has 0 aliphatic carbocycles. The first kappa shape index (κ1) is 19.4. The summed E-state index contributed by atoms with van der Waals surface area (Å²) in [5, 5.41) is 6.47. The molecule has 1 heterocycles. The average Bonchev–Trinajstić information content (AvgIpc) is 3.06. The number of carbonyl (C=O) groups is 1. The summed E-state index contributed by atoms with van der Waals surface area (Å²) in [5.41, 5.74) is 3.83. The Kier molecular flexibility index (Phi) is 5.85. The number of furan rings is 1. The Bertz CT molecular complexity index is 1010. The second kappa shape index (κ2) is 8.13. The standard InChI is InChI=1S/C20H16Cl2N2O2S/c1-11-3-4-13(7-12(11)2)17-5-6-18(26-17)19(25)24-20(27)23-16-9-14(21)8-15(22)10-16/h3-10H,1-2H3,(H2,23,24,25,27). The molecule has 0 unspecified atom stereocenters. The van der Waals surface area contributed by atoms with Crippen molar-refractivity contribution in [2.24, 2.45) is 0 Å². The zero-order chi connectivity index (χ0) is 19.6. The molecule has 0 aliphatic heterocycles. The summed E-state index contributed by atoms with van der Waals surface area (Å²) >= 11 is 17.1. The fourth-order valence-electron chi connectivity index (χ4n) is 2.46. The number of aryl methyl sites for hydroxylation is 2. The minimum absolute atomic E-state index is 0.113. The van der Waals surface area contributed by atoms with Crippen LogP contribution in [0.1, 0.15) is 21.7 Å². The first-order valence-electron chi connectivity index (χ1n) is 8.08. The number of halogens is 2. The lowest BCUT2D eigenvalue weighted by atomic mass is 10.1. The Morgan fingerprint density at radius 3 is 2.33 bits per heavy atom. The Morgan fingerprint density at radius 1 is 0.963 bits per heavy atom. The smallest absolute Gasteiger partial charge is 0.293 e. The third-order valence-electron chi connectivity index (χ3n) is 3.97. The van der Waals surface area contributed by atoms with E-state index in [1.165, 1.54) is 5.56 Å². The molecule has 27 heavy (non-hydrogen) atoms. The predicted molar refractivity (Wildman–Crippen MR) is 114 cm³/mol. The van der Waals surface area contributed by atoms with Gasteiger partial charge in [0.1, 0.15) is 5.76 Å². The van der Waals surface area contributed by atoms with Crippen molar-refractivity contribution in [3.05, 3.63) is 75.5 Å². The Balaban J connectivity index is 1.68. The number of benzene rings is 2. The largest absolute Gasteiger partial charge is 0.451 e. The Hall–Kier alpha value is -2.34. The van der Waals surface area contributed by atoms with Gasteiger partial charge in [-0.1, -0.05) is 35.3 Å². The van der Waals surface area contributed by atoms with Crippen molar-refractivity contribution in [2.45, 2.75) is 13.8 Å². The molecule has 0 saturated heterocycles. The highest BCUT2D eigenvalue weighted by Gasteiger charge is 2.14. The molecule has 1 aromatic heterocycles. The molecule has 1 amide bonds. The highest BCUT2D eigenvalue weighted by molar-refractivity contribution is 7.80. The number of carbonyl (C=O) groups excluding carboxylic acids is 1. The number of anilines is 1. The molecule has 0 saturated carbocycles. The van der Waals surface area contributed by atoms with Crippen LogP contribution in [-0.4, -0.2) is 11.0 Å². The van der Waals surface area contributed by atoms with Gasteiger partial charge in [-0.3, -0.25) is 10.1 Å². The van der Waals surface area contributed by atoms with E-state index in [-0.39, 0.29) is 10.9 Å². The molecule has 0 bridgehead atoms. The van der Waals surface area contributed by atoms with Gasteiger partial charge >= 0.3 is 0 Å². The van der Waals surface area contributed by atoms with Crippen LogP contribution in [0.4, 0.5) is 5.69 Å². The zero-order valence-corrected chi connectivity index (χ0v) is 16.9. The van der Waals surface area contributed by atoms with E-state index in [0.717, 1.165) is 11.1 Å². The van der Waals surface area contributed by atoms with Gasteiger partial charge in [0, 0.05) is 21.3 Å². The van der Waals surface area contributed by atoms with Gasteiger partial charge in [0.05, 0.1) is 0 Å². The van der Waals surface area contributed by atoms with Gasteiger partial charge in [0.2, 0.25) is 0 Å². The van der Waals surface area contributed by atoms with Gasteiger partial charge in [-0.2, -0.15) is 0 Å². The van der Waals surface area contributed by atoms with Gasteiger partial charge in [-0.05, 0) is 73.6 Å². The maximum Gasteiger partial charge on any atom is 0.293 e. The maximum absolute atomic E-state index is 12.4. The van der Waals surface area contributed by atoms with Crippen molar-refractivity contribution in [1.29, 1.82) is 0 Å². The van der Waals surface area contributed by atoms with E-state index in [2.05, 4.69) is 10.6 Å². The molecular weight excluding hydrogens is 403 g/mol. The highest BCUT2D eigenvalue weighted by atomic mass is 35.5. The highest BCUT2D eigenvalue weighted by Crippen LogP contribution is 2.25. The summed E-state index contributed by atoms with van der Waals surface area (Å²) in [7, 11) is 0. The molecule has 0 radical (unpaired) electrons. The van der Waals surface area contributed by atoms with Gasteiger partial charge in [-0.25, -0.2) is 0 Å². The molecule has 138 valence electrons. The molecular formula is C20H16Cl2N2O2S. The molecule has 3 aromatic rings. The third kappa shape index (κ3) is 4.89. The van der Waals surface area contributed by atoms with E-state index in [4.69, 9.17) is 39.8 Å². The average molecular weight is 419 g/mol. The van der Waals surface area contributed by atoms with Crippen molar-refractivity contribution in [1.82, 2.24) is 5.32 Å². The quantitative estimate of drug-likeness (QED) is 0.512. The molecule has 4 nitrogen and oxygen atoms in total. The monoisotopic (exact) mass is 418 g/mol. The first-order valence-corrected chi connectivity index (χ1v) is 9.24. The fourth-order valence-corrected chi connectivity index (χ4v) is 3.20. The van der Waals surface area contributed by atoms with Gasteiger partial charge < -0.3 is 9.73 Å². The van der Waals surface area contributed by atoms with Crippen molar-refractivity contribution in [3.63, 3.8) is 0 Å². The molecule has 3 rings (SSSR count). The van der Waals surface area contributed by atoms with Crippen molar-refractivity contribution in [3.8, 4) is 11.3 Å². The lowest BCUT2D eigenvalue weighted by Crippen LogP contribution is -2.33. The van der Waals surface area contributed by atoms with E-state index < -0.39 is 5.91 Å². The molecule has 0 atom stereocenters. The normalized spacial score (nSPS) is 10.5. The summed E-state index contributed by atoms with van der Waals surface area (Å²) in [4.78, 5) is 12.4. The maximum atomic E-state index is 12.4. The van der Waals surface area contributed by atoms with E-state index in [1.807, 2.05) is 32.0 Å². The topological polar surface area (TPSA) is 54.3 Å². The van der Waals surface area contributed by atoms with Gasteiger partial charge in [0.25, 0.3) is 5.91 Å².